The molecule has 0 aliphatic carbocycles. The molecule has 11 heteroatoms. The second kappa shape index (κ2) is 12.7. The molecule has 0 amide bonds. The van der Waals surface area contributed by atoms with Crippen molar-refractivity contribution in [3.8, 4) is 22.8 Å². The average molecular weight is 565 g/mol. The van der Waals surface area contributed by atoms with E-state index in [1.807, 2.05) is 43.3 Å². The van der Waals surface area contributed by atoms with Gasteiger partial charge in [0, 0.05) is 62.1 Å². The van der Waals surface area contributed by atoms with Crippen LogP contribution < -0.4 is 15.4 Å². The Morgan fingerprint density at radius 3 is 2.54 bits per heavy atom. The maximum atomic E-state index is 14.1. The molecule has 41 heavy (non-hydrogen) atoms. The number of rotatable bonds is 11. The second-order valence-electron chi connectivity index (χ2n) is 10.0. The molecule has 0 radical (unpaired) electrons. The molecule has 0 bridgehead atoms. The summed E-state index contributed by atoms with van der Waals surface area (Å²) < 4.78 is 40.0. The molecule has 9 nitrogen and oxygen atoms in total. The van der Waals surface area contributed by atoms with Gasteiger partial charge in [0.1, 0.15) is 5.82 Å². The summed E-state index contributed by atoms with van der Waals surface area (Å²) in [7, 11) is 3.20. The number of pyridine rings is 1. The van der Waals surface area contributed by atoms with Gasteiger partial charge in [-0.3, -0.25) is 10.2 Å². The van der Waals surface area contributed by atoms with Crippen LogP contribution in [0.2, 0.25) is 0 Å². The first kappa shape index (κ1) is 28.6. The maximum Gasteiger partial charge on any atom is 0.212 e. The van der Waals surface area contributed by atoms with E-state index in [-0.39, 0.29) is 12.0 Å². The van der Waals surface area contributed by atoms with E-state index in [9.17, 15) is 13.9 Å². The fourth-order valence-electron chi connectivity index (χ4n) is 5.25. The number of hydrogen-bond acceptors (Lipinski definition) is 8. The van der Waals surface area contributed by atoms with E-state index < -0.39 is 18.0 Å². The summed E-state index contributed by atoms with van der Waals surface area (Å²) in [5.74, 6) is -0.862. The SMILES string of the molecule is COCCN1C[C@@H](NC(O)Nc2c(C)c(-c3ccc(OC)nc3)nn2-c2ccccc2)[C@H](c2ccc(F)c(F)c2)C1. The molecule has 1 unspecified atom stereocenters. The summed E-state index contributed by atoms with van der Waals surface area (Å²) in [6.07, 6.45) is 0.525. The van der Waals surface area contributed by atoms with Gasteiger partial charge in [-0.25, -0.2) is 18.4 Å². The number of nitrogens with one attached hydrogen (secondary N) is 2. The highest BCUT2D eigenvalue weighted by atomic mass is 19.2. The number of aliphatic hydroxyl groups is 1. The zero-order valence-electron chi connectivity index (χ0n) is 23.2. The third-order valence-electron chi connectivity index (χ3n) is 7.37. The number of methoxy groups -OCH3 is 2. The van der Waals surface area contributed by atoms with Gasteiger partial charge in [0.15, 0.2) is 18.0 Å². The molecule has 3 N–H and O–H groups in total. The second-order valence-corrected chi connectivity index (χ2v) is 10.0. The van der Waals surface area contributed by atoms with Crippen LogP contribution in [0.15, 0.2) is 66.9 Å². The quantitative estimate of drug-likeness (QED) is 0.236. The fraction of sp³-hybridized carbons (Fsp3) is 0.333. The van der Waals surface area contributed by atoms with Crippen molar-refractivity contribution in [1.82, 2.24) is 25.0 Å². The van der Waals surface area contributed by atoms with Crippen LogP contribution in [-0.4, -0.2) is 77.6 Å². The average Bonchev–Trinajstić information content (AvgIpc) is 3.54. The van der Waals surface area contributed by atoms with Gasteiger partial charge in [-0.2, -0.15) is 5.10 Å². The Bertz CT molecular complexity index is 1450. The lowest BCUT2D eigenvalue weighted by Gasteiger charge is -2.25. The van der Waals surface area contributed by atoms with E-state index in [0.717, 1.165) is 22.9 Å². The molecule has 4 aromatic rings. The minimum absolute atomic E-state index is 0.181. The summed E-state index contributed by atoms with van der Waals surface area (Å²) in [4.78, 5) is 6.49. The van der Waals surface area contributed by atoms with Crippen LogP contribution in [0.1, 0.15) is 17.0 Å². The van der Waals surface area contributed by atoms with Gasteiger partial charge in [-0.1, -0.05) is 24.3 Å². The van der Waals surface area contributed by atoms with Crippen molar-refractivity contribution in [1.29, 1.82) is 0 Å². The molecular formula is C30H34F2N6O3. The highest BCUT2D eigenvalue weighted by molar-refractivity contribution is 5.70. The number of hydrogen-bond donors (Lipinski definition) is 3. The Labute approximate surface area is 237 Å². The van der Waals surface area contributed by atoms with Crippen LogP contribution in [0.25, 0.3) is 16.9 Å². The van der Waals surface area contributed by atoms with Gasteiger partial charge < -0.3 is 19.9 Å². The Balaban J connectivity index is 1.42. The predicted octanol–water partition coefficient (Wildman–Crippen LogP) is 3.92. The number of likely N-dealkylation sites (tertiary alicyclic amines) is 1. The van der Waals surface area contributed by atoms with E-state index >= 15 is 0 Å². The smallest absolute Gasteiger partial charge is 0.212 e. The first-order valence-corrected chi connectivity index (χ1v) is 13.4. The zero-order valence-corrected chi connectivity index (χ0v) is 23.2. The molecule has 0 saturated carbocycles. The van der Waals surface area contributed by atoms with E-state index in [1.165, 1.54) is 6.07 Å². The summed E-state index contributed by atoms with van der Waals surface area (Å²) in [6.45, 7) is 4.33. The molecule has 3 atom stereocenters. The molecule has 0 spiro atoms. The topological polar surface area (TPSA) is 96.7 Å². The lowest BCUT2D eigenvalue weighted by molar-refractivity contribution is 0.139. The fourth-order valence-corrected chi connectivity index (χ4v) is 5.25. The minimum Gasteiger partial charge on any atom is -0.481 e. The number of aliphatic hydroxyl groups excluding tert-OH is 1. The summed E-state index contributed by atoms with van der Waals surface area (Å²) in [6, 6.07) is 17.0. The summed E-state index contributed by atoms with van der Waals surface area (Å²) in [5.41, 5.74) is 3.78. The van der Waals surface area contributed by atoms with E-state index in [0.29, 0.717) is 49.2 Å². The Kier molecular flexibility index (Phi) is 8.89. The van der Waals surface area contributed by atoms with Crippen LogP contribution >= 0.6 is 0 Å². The number of nitrogens with zero attached hydrogens (tertiary/aromatic N) is 4. The standard InChI is InChI=1S/C30H34F2N6O3/c1-19-28(21-10-12-27(41-3)33-16-21)36-38(22-7-5-4-6-8-22)29(19)35-30(39)34-26-18-37(13-14-40-2)17-23(26)20-9-11-24(31)25(32)15-20/h4-12,15-16,23,26,30,34-35,39H,13-14,17-18H2,1-3H3/t23-,26+,30?/m0/s1. The van der Waals surface area contributed by atoms with Crippen molar-refractivity contribution in [2.75, 3.05) is 45.8 Å². The van der Waals surface area contributed by atoms with Gasteiger partial charge in [-0.15, -0.1) is 0 Å². The third kappa shape index (κ3) is 6.38. The minimum atomic E-state index is -1.17. The van der Waals surface area contributed by atoms with Crippen molar-refractivity contribution < 1.29 is 23.4 Å². The maximum absolute atomic E-state index is 14.1. The number of benzene rings is 2. The van der Waals surface area contributed by atoms with Crippen LogP contribution in [0.4, 0.5) is 14.6 Å². The van der Waals surface area contributed by atoms with Crippen molar-refractivity contribution in [2.24, 2.45) is 0 Å². The highest BCUT2D eigenvalue weighted by Crippen LogP contribution is 2.32. The van der Waals surface area contributed by atoms with Crippen LogP contribution in [0.3, 0.4) is 0 Å². The Morgan fingerprint density at radius 1 is 1.05 bits per heavy atom. The summed E-state index contributed by atoms with van der Waals surface area (Å²) >= 11 is 0. The van der Waals surface area contributed by atoms with Gasteiger partial charge in [0.2, 0.25) is 5.88 Å². The van der Waals surface area contributed by atoms with Gasteiger partial charge in [-0.05, 0) is 42.8 Å². The first-order valence-electron chi connectivity index (χ1n) is 13.4. The van der Waals surface area contributed by atoms with Gasteiger partial charge in [0.25, 0.3) is 0 Å². The van der Waals surface area contributed by atoms with Crippen molar-refractivity contribution in [3.05, 3.63) is 89.6 Å². The van der Waals surface area contributed by atoms with Crippen LogP contribution in [0, 0.1) is 18.6 Å². The first-order chi connectivity index (χ1) is 19.9. The molecule has 1 aliphatic rings. The van der Waals surface area contributed by atoms with Crippen LogP contribution in [0.5, 0.6) is 5.88 Å². The number of anilines is 1. The van der Waals surface area contributed by atoms with Gasteiger partial charge in [0.05, 0.1) is 25.1 Å². The molecule has 5 rings (SSSR count). The molecule has 3 heterocycles. The molecule has 1 fully saturated rings. The molecule has 1 aliphatic heterocycles. The Morgan fingerprint density at radius 2 is 1.85 bits per heavy atom. The zero-order chi connectivity index (χ0) is 28.9. The number of aromatic nitrogens is 3. The monoisotopic (exact) mass is 564 g/mol. The summed E-state index contributed by atoms with van der Waals surface area (Å²) in [5, 5.41) is 22.6. The normalized spacial score (nSPS) is 18.0. The number of para-hydroxylation sites is 1. The molecule has 2 aromatic carbocycles. The lowest BCUT2D eigenvalue weighted by Crippen LogP contribution is -2.46. The van der Waals surface area contributed by atoms with Crippen molar-refractivity contribution >= 4 is 5.82 Å². The number of ether oxygens (including phenoxy) is 2. The Hall–Kier alpha value is -3.90. The molecule has 216 valence electrons. The van der Waals surface area contributed by atoms with E-state index in [4.69, 9.17) is 14.6 Å². The van der Waals surface area contributed by atoms with Gasteiger partial charge >= 0.3 is 0 Å². The van der Waals surface area contributed by atoms with E-state index in [1.54, 1.807) is 37.2 Å². The third-order valence-corrected chi connectivity index (χ3v) is 7.37. The molecular weight excluding hydrogens is 530 g/mol. The van der Waals surface area contributed by atoms with Crippen molar-refractivity contribution in [2.45, 2.75) is 25.2 Å². The predicted molar refractivity (Wildman–Crippen MR) is 152 cm³/mol. The van der Waals surface area contributed by atoms with E-state index in [2.05, 4.69) is 20.5 Å². The number of halogens is 2. The molecule has 1 saturated heterocycles. The van der Waals surface area contributed by atoms with Crippen molar-refractivity contribution in [3.63, 3.8) is 0 Å². The van der Waals surface area contributed by atoms with Crippen LogP contribution in [-0.2, 0) is 4.74 Å². The highest BCUT2D eigenvalue weighted by Gasteiger charge is 2.35. The molecule has 2 aromatic heterocycles. The largest absolute Gasteiger partial charge is 0.481 e. The lowest BCUT2D eigenvalue weighted by atomic mass is 9.94.